The van der Waals surface area contributed by atoms with Gasteiger partial charge in [-0.3, -0.25) is 4.90 Å². The van der Waals surface area contributed by atoms with E-state index in [2.05, 4.69) is 20.6 Å². The molecule has 2 aliphatic heterocycles. The number of imidazole rings is 1. The summed E-state index contributed by atoms with van der Waals surface area (Å²) in [7, 11) is 0. The Kier molecular flexibility index (Phi) is 3.88. The summed E-state index contributed by atoms with van der Waals surface area (Å²) in [6.07, 6.45) is 4.15. The standard InChI is InChI=1S/C16H21N5O2/c22-16(19-21-11-18-14-5-1-2-6-15(14)21)17-8-13-9-20-7-3-4-12(20)10-23-13/h1-2,5-6,11-13H,3-4,7-10H2,(H2,17,19,22)/t12-,13+/m1/s1. The molecule has 0 unspecified atom stereocenters. The molecule has 4 rings (SSSR count). The van der Waals surface area contributed by atoms with Crippen LogP contribution in [-0.2, 0) is 4.74 Å². The molecular formula is C16H21N5O2. The van der Waals surface area contributed by atoms with Crippen molar-refractivity contribution >= 4 is 17.1 Å². The number of nitrogens with zero attached hydrogens (tertiary/aromatic N) is 3. The van der Waals surface area contributed by atoms with Crippen LogP contribution in [0.5, 0.6) is 0 Å². The Labute approximate surface area is 134 Å². The van der Waals surface area contributed by atoms with Crippen molar-refractivity contribution in [3.63, 3.8) is 0 Å². The Morgan fingerprint density at radius 1 is 1.39 bits per heavy atom. The van der Waals surface area contributed by atoms with Gasteiger partial charge in [0.15, 0.2) is 0 Å². The van der Waals surface area contributed by atoms with Crippen LogP contribution in [0.4, 0.5) is 4.79 Å². The maximum absolute atomic E-state index is 12.1. The van der Waals surface area contributed by atoms with Gasteiger partial charge in [0.25, 0.3) is 0 Å². The fourth-order valence-electron chi connectivity index (χ4n) is 3.41. The second-order valence-electron chi connectivity index (χ2n) is 6.17. The molecular weight excluding hydrogens is 294 g/mol. The van der Waals surface area contributed by atoms with Gasteiger partial charge in [-0.05, 0) is 31.5 Å². The van der Waals surface area contributed by atoms with Crippen molar-refractivity contribution in [2.45, 2.75) is 25.0 Å². The minimum absolute atomic E-state index is 0.0645. The van der Waals surface area contributed by atoms with Crippen molar-refractivity contribution < 1.29 is 9.53 Å². The van der Waals surface area contributed by atoms with Gasteiger partial charge in [-0.25, -0.2) is 19.9 Å². The minimum atomic E-state index is -0.250. The highest BCUT2D eigenvalue weighted by molar-refractivity contribution is 5.85. The largest absolute Gasteiger partial charge is 0.373 e. The van der Waals surface area contributed by atoms with Gasteiger partial charge >= 0.3 is 6.03 Å². The summed E-state index contributed by atoms with van der Waals surface area (Å²) in [5.74, 6) is 0. The molecule has 1 aromatic heterocycles. The molecule has 0 bridgehead atoms. The van der Waals surface area contributed by atoms with Gasteiger partial charge in [0.2, 0.25) is 0 Å². The number of morpholine rings is 1. The van der Waals surface area contributed by atoms with Gasteiger partial charge < -0.3 is 10.1 Å². The predicted molar refractivity (Wildman–Crippen MR) is 86.8 cm³/mol. The summed E-state index contributed by atoms with van der Waals surface area (Å²) in [4.78, 5) is 18.8. The minimum Gasteiger partial charge on any atom is -0.373 e. The second-order valence-corrected chi connectivity index (χ2v) is 6.17. The lowest BCUT2D eigenvalue weighted by Crippen LogP contribution is -2.50. The molecule has 7 heteroatoms. The maximum atomic E-state index is 12.1. The molecule has 7 nitrogen and oxygen atoms in total. The van der Waals surface area contributed by atoms with Crippen LogP contribution >= 0.6 is 0 Å². The highest BCUT2D eigenvalue weighted by atomic mass is 16.5. The number of carbonyl (C=O) groups excluding carboxylic acids is 1. The van der Waals surface area contributed by atoms with Crippen LogP contribution in [0.3, 0.4) is 0 Å². The number of para-hydroxylation sites is 2. The number of carbonyl (C=O) groups is 1. The molecule has 2 fully saturated rings. The number of urea groups is 1. The number of hydrogen-bond donors (Lipinski definition) is 2. The van der Waals surface area contributed by atoms with Crippen LogP contribution in [0.2, 0.25) is 0 Å². The van der Waals surface area contributed by atoms with Crippen molar-refractivity contribution in [3.05, 3.63) is 30.6 Å². The van der Waals surface area contributed by atoms with E-state index in [0.29, 0.717) is 12.6 Å². The van der Waals surface area contributed by atoms with Crippen LogP contribution in [-0.4, -0.2) is 59.0 Å². The number of aromatic nitrogens is 2. The molecule has 0 radical (unpaired) electrons. The summed E-state index contributed by atoms with van der Waals surface area (Å²) >= 11 is 0. The van der Waals surface area contributed by atoms with Crippen LogP contribution in [0.25, 0.3) is 11.0 Å². The van der Waals surface area contributed by atoms with E-state index >= 15 is 0 Å². The molecule has 3 heterocycles. The molecule has 2 atom stereocenters. The molecule has 2 aromatic rings. The van der Waals surface area contributed by atoms with Crippen LogP contribution in [0.1, 0.15) is 12.8 Å². The average Bonchev–Trinajstić information content (AvgIpc) is 3.20. The Hall–Kier alpha value is -2.12. The lowest BCUT2D eigenvalue weighted by Gasteiger charge is -2.35. The first kappa shape index (κ1) is 14.5. The number of ether oxygens (including phenoxy) is 1. The van der Waals surface area contributed by atoms with E-state index < -0.39 is 0 Å². The van der Waals surface area contributed by atoms with E-state index in [1.165, 1.54) is 12.8 Å². The number of nitrogens with one attached hydrogen (secondary N) is 2. The zero-order valence-electron chi connectivity index (χ0n) is 12.9. The first-order valence-electron chi connectivity index (χ1n) is 8.12. The number of rotatable bonds is 3. The van der Waals surface area contributed by atoms with Gasteiger partial charge in [-0.15, -0.1) is 0 Å². The van der Waals surface area contributed by atoms with Crippen molar-refractivity contribution in [1.29, 1.82) is 0 Å². The fourth-order valence-corrected chi connectivity index (χ4v) is 3.41. The van der Waals surface area contributed by atoms with Gasteiger partial charge in [0.1, 0.15) is 6.33 Å². The lowest BCUT2D eigenvalue weighted by atomic mass is 10.2. The monoisotopic (exact) mass is 315 g/mol. The molecule has 2 saturated heterocycles. The SMILES string of the molecule is O=C(NC[C@H]1CN2CCC[C@@H]2CO1)Nn1cnc2ccccc21. The number of benzene rings is 1. The van der Waals surface area contributed by atoms with Crippen LogP contribution in [0.15, 0.2) is 30.6 Å². The van der Waals surface area contributed by atoms with Gasteiger partial charge in [-0.1, -0.05) is 12.1 Å². The van der Waals surface area contributed by atoms with Crippen molar-refractivity contribution in [3.8, 4) is 0 Å². The van der Waals surface area contributed by atoms with Crippen molar-refractivity contribution in [1.82, 2.24) is 19.9 Å². The topological polar surface area (TPSA) is 71.4 Å². The third kappa shape index (κ3) is 3.02. The van der Waals surface area contributed by atoms with E-state index in [4.69, 9.17) is 4.74 Å². The molecule has 0 aliphatic carbocycles. The van der Waals surface area contributed by atoms with Crippen LogP contribution < -0.4 is 10.7 Å². The molecule has 122 valence electrons. The van der Waals surface area contributed by atoms with Gasteiger partial charge in [0.05, 0.1) is 23.7 Å². The summed E-state index contributed by atoms with van der Waals surface area (Å²) in [6.45, 7) is 3.35. The normalized spacial score (nSPS) is 24.5. The molecule has 1 aromatic carbocycles. The average molecular weight is 315 g/mol. The zero-order chi connectivity index (χ0) is 15.6. The van der Waals surface area contributed by atoms with E-state index in [1.54, 1.807) is 11.0 Å². The summed E-state index contributed by atoms with van der Waals surface area (Å²) in [6, 6.07) is 8.00. The second kappa shape index (κ2) is 6.17. The number of amides is 2. The maximum Gasteiger partial charge on any atom is 0.334 e. The van der Waals surface area contributed by atoms with E-state index in [9.17, 15) is 4.79 Å². The Morgan fingerprint density at radius 2 is 2.30 bits per heavy atom. The summed E-state index contributed by atoms with van der Waals surface area (Å²) < 4.78 is 7.47. The van der Waals surface area contributed by atoms with E-state index in [-0.39, 0.29) is 12.1 Å². The molecule has 2 amide bonds. The zero-order valence-corrected chi connectivity index (χ0v) is 12.9. The Balaban J connectivity index is 1.30. The fraction of sp³-hybridized carbons (Fsp3) is 0.500. The quantitative estimate of drug-likeness (QED) is 0.891. The molecule has 0 saturated carbocycles. The predicted octanol–water partition coefficient (Wildman–Crippen LogP) is 1.15. The lowest BCUT2D eigenvalue weighted by molar-refractivity contribution is -0.0456. The van der Waals surface area contributed by atoms with E-state index in [1.807, 2.05) is 24.3 Å². The first-order valence-corrected chi connectivity index (χ1v) is 8.12. The number of hydrogen-bond acceptors (Lipinski definition) is 4. The Bertz CT molecular complexity index is 701. The molecule has 0 spiro atoms. The van der Waals surface area contributed by atoms with Crippen molar-refractivity contribution in [2.24, 2.45) is 0 Å². The van der Waals surface area contributed by atoms with Crippen molar-refractivity contribution in [2.75, 3.05) is 31.7 Å². The molecule has 2 aliphatic rings. The first-order chi connectivity index (χ1) is 11.3. The van der Waals surface area contributed by atoms with Crippen LogP contribution in [0, 0.1) is 0 Å². The molecule has 2 N–H and O–H groups in total. The number of fused-ring (bicyclic) bond motifs is 2. The van der Waals surface area contributed by atoms with Gasteiger partial charge in [-0.2, -0.15) is 0 Å². The smallest absolute Gasteiger partial charge is 0.334 e. The Morgan fingerprint density at radius 3 is 3.26 bits per heavy atom. The third-order valence-corrected chi connectivity index (χ3v) is 4.63. The van der Waals surface area contributed by atoms with Gasteiger partial charge in [0, 0.05) is 19.1 Å². The highest BCUT2D eigenvalue weighted by Gasteiger charge is 2.32. The summed E-state index contributed by atoms with van der Waals surface area (Å²) in [5.41, 5.74) is 4.51. The highest BCUT2D eigenvalue weighted by Crippen LogP contribution is 2.22. The summed E-state index contributed by atoms with van der Waals surface area (Å²) in [5, 5.41) is 2.88. The third-order valence-electron chi connectivity index (χ3n) is 4.63. The molecule has 23 heavy (non-hydrogen) atoms. The van der Waals surface area contributed by atoms with E-state index in [0.717, 1.165) is 30.7 Å².